The van der Waals surface area contributed by atoms with Gasteiger partial charge in [-0.1, -0.05) is 31.5 Å². The van der Waals surface area contributed by atoms with E-state index in [0.29, 0.717) is 6.61 Å². The molecule has 1 aliphatic carbocycles. The Morgan fingerprint density at radius 1 is 1.50 bits per heavy atom. The molecular weight excluding hydrogens is 283 g/mol. The van der Waals surface area contributed by atoms with Crippen molar-refractivity contribution in [1.82, 2.24) is 0 Å². The molecule has 0 spiro atoms. The molecule has 3 atom stereocenters. The van der Waals surface area contributed by atoms with Crippen molar-refractivity contribution in [3.63, 3.8) is 0 Å². The van der Waals surface area contributed by atoms with E-state index in [-0.39, 0.29) is 34.1 Å². The third-order valence-electron chi connectivity index (χ3n) is 4.40. The zero-order chi connectivity index (χ0) is 14.5. The Morgan fingerprint density at radius 3 is 3.00 bits per heavy atom. The molecule has 3 nitrogen and oxygen atoms in total. The van der Waals surface area contributed by atoms with E-state index in [9.17, 15) is 9.18 Å². The Labute approximate surface area is 122 Å². The maximum Gasteiger partial charge on any atom is 0.341 e. The van der Waals surface area contributed by atoms with Crippen LogP contribution in [0, 0.1) is 17.2 Å². The summed E-state index contributed by atoms with van der Waals surface area (Å²) in [5, 5.41) is -0.0746. The minimum Gasteiger partial charge on any atom is -0.458 e. The molecule has 1 saturated heterocycles. The Hall–Kier alpha value is -1.13. The molecule has 0 bridgehead atoms. The molecule has 2 fully saturated rings. The molecule has 20 heavy (non-hydrogen) atoms. The summed E-state index contributed by atoms with van der Waals surface area (Å²) in [7, 11) is 0. The van der Waals surface area contributed by atoms with Gasteiger partial charge in [-0.3, -0.25) is 0 Å². The lowest BCUT2D eigenvalue weighted by Crippen LogP contribution is -2.61. The number of carbonyl (C=O) groups excluding carboxylic acids is 1. The molecule has 1 saturated carbocycles. The number of benzene rings is 1. The molecule has 0 unspecified atom stereocenters. The van der Waals surface area contributed by atoms with Crippen LogP contribution in [0.25, 0.3) is 0 Å². The fourth-order valence-corrected chi connectivity index (χ4v) is 3.53. The second-order valence-electron chi connectivity index (χ2n) is 5.99. The Bertz CT molecular complexity index is 558. The zero-order valence-corrected chi connectivity index (χ0v) is 12.1. The summed E-state index contributed by atoms with van der Waals surface area (Å²) in [5.74, 6) is -1.17. The molecule has 108 valence electrons. The lowest BCUT2D eigenvalue weighted by atomic mass is 9.59. The first-order valence-corrected chi connectivity index (χ1v) is 7.07. The van der Waals surface area contributed by atoms with Crippen molar-refractivity contribution in [2.75, 3.05) is 6.61 Å². The summed E-state index contributed by atoms with van der Waals surface area (Å²) in [5.41, 5.74) is -0.345. The largest absolute Gasteiger partial charge is 0.458 e. The molecule has 3 rings (SSSR count). The number of ether oxygens (including phenoxy) is 2. The first kappa shape index (κ1) is 13.8. The molecule has 2 aliphatic rings. The first-order valence-electron chi connectivity index (χ1n) is 6.69. The second-order valence-corrected chi connectivity index (χ2v) is 6.40. The predicted molar refractivity (Wildman–Crippen MR) is 72.2 cm³/mol. The Kier molecular flexibility index (Phi) is 3.26. The summed E-state index contributed by atoms with van der Waals surface area (Å²) in [6.45, 7) is 4.70. The lowest BCUT2D eigenvalue weighted by Gasteiger charge is -2.53. The number of hydrogen-bond donors (Lipinski definition) is 0. The third kappa shape index (κ3) is 1.93. The van der Waals surface area contributed by atoms with Gasteiger partial charge in [-0.25, -0.2) is 9.18 Å². The van der Waals surface area contributed by atoms with Crippen LogP contribution in [0.3, 0.4) is 0 Å². The van der Waals surface area contributed by atoms with Crippen molar-refractivity contribution < 1.29 is 18.7 Å². The smallest absolute Gasteiger partial charge is 0.341 e. The van der Waals surface area contributed by atoms with Gasteiger partial charge in [0.2, 0.25) is 0 Å². The monoisotopic (exact) mass is 298 g/mol. The molecule has 5 heteroatoms. The number of rotatable bonds is 2. The number of hydrogen-bond acceptors (Lipinski definition) is 3. The van der Waals surface area contributed by atoms with E-state index in [2.05, 4.69) is 0 Å². The van der Waals surface area contributed by atoms with E-state index in [4.69, 9.17) is 21.1 Å². The molecule has 0 N–H and O–H groups in total. The highest BCUT2D eigenvalue weighted by atomic mass is 35.5. The summed E-state index contributed by atoms with van der Waals surface area (Å²) < 4.78 is 25.0. The normalized spacial score (nSPS) is 30.5. The van der Waals surface area contributed by atoms with E-state index < -0.39 is 11.8 Å². The van der Waals surface area contributed by atoms with E-state index in [1.807, 2.05) is 13.8 Å². The zero-order valence-electron chi connectivity index (χ0n) is 11.4. The van der Waals surface area contributed by atoms with Gasteiger partial charge in [0.25, 0.3) is 0 Å². The van der Waals surface area contributed by atoms with E-state index in [1.165, 1.54) is 18.2 Å². The summed E-state index contributed by atoms with van der Waals surface area (Å²) in [6.07, 6.45) is 0.773. The molecule has 1 aromatic rings. The van der Waals surface area contributed by atoms with Crippen LogP contribution in [0.2, 0.25) is 5.02 Å². The molecule has 1 heterocycles. The standard InChI is InChI=1S/C15H16ClFO3/c1-15(2)12-9(6-7-19-12)13(15)20-14(18)8-4-3-5-10(16)11(8)17/h3-5,9,12-13H,6-7H2,1-2H3/t9-,12+,13-/m0/s1. The van der Waals surface area contributed by atoms with Crippen LogP contribution in [-0.4, -0.2) is 24.8 Å². The molecular formula is C15H16ClFO3. The van der Waals surface area contributed by atoms with Crippen LogP contribution < -0.4 is 0 Å². The van der Waals surface area contributed by atoms with Crippen LogP contribution in [0.4, 0.5) is 4.39 Å². The Balaban J connectivity index is 1.78. The molecule has 0 amide bonds. The average molecular weight is 299 g/mol. The highest BCUT2D eigenvalue weighted by Gasteiger charge is 2.61. The summed E-state index contributed by atoms with van der Waals surface area (Å²) in [6, 6.07) is 4.33. The van der Waals surface area contributed by atoms with Crippen LogP contribution in [0.15, 0.2) is 18.2 Å². The van der Waals surface area contributed by atoms with E-state index in [1.54, 1.807) is 0 Å². The van der Waals surface area contributed by atoms with Crippen LogP contribution >= 0.6 is 11.6 Å². The lowest BCUT2D eigenvalue weighted by molar-refractivity contribution is -0.183. The van der Waals surface area contributed by atoms with Crippen molar-refractivity contribution in [2.24, 2.45) is 11.3 Å². The Morgan fingerprint density at radius 2 is 2.25 bits per heavy atom. The fraction of sp³-hybridized carbons (Fsp3) is 0.533. The topological polar surface area (TPSA) is 35.5 Å². The quantitative estimate of drug-likeness (QED) is 0.785. The molecule has 1 aromatic carbocycles. The van der Waals surface area contributed by atoms with Crippen LogP contribution in [0.5, 0.6) is 0 Å². The van der Waals surface area contributed by atoms with Crippen LogP contribution in [0.1, 0.15) is 30.6 Å². The van der Waals surface area contributed by atoms with Crippen molar-refractivity contribution >= 4 is 17.6 Å². The summed E-state index contributed by atoms with van der Waals surface area (Å²) in [4.78, 5) is 12.1. The van der Waals surface area contributed by atoms with Gasteiger partial charge in [-0.05, 0) is 18.6 Å². The number of esters is 1. The predicted octanol–water partition coefficient (Wildman–Crippen LogP) is 3.45. The SMILES string of the molecule is CC1(C)[C@@H]2OCC[C@@H]2[C@@H]1OC(=O)c1cccc(Cl)c1F. The van der Waals surface area contributed by atoms with Crippen molar-refractivity contribution in [3.05, 3.63) is 34.6 Å². The number of halogens is 2. The highest BCUT2D eigenvalue weighted by Crippen LogP contribution is 2.53. The van der Waals surface area contributed by atoms with Gasteiger partial charge in [0, 0.05) is 17.9 Å². The van der Waals surface area contributed by atoms with E-state index >= 15 is 0 Å². The maximum absolute atomic E-state index is 13.8. The van der Waals surface area contributed by atoms with Crippen molar-refractivity contribution in [1.29, 1.82) is 0 Å². The highest BCUT2D eigenvalue weighted by molar-refractivity contribution is 6.31. The number of carbonyl (C=O) groups is 1. The average Bonchev–Trinajstić information content (AvgIpc) is 2.86. The summed E-state index contributed by atoms with van der Waals surface area (Å²) >= 11 is 5.68. The van der Waals surface area contributed by atoms with Gasteiger partial charge in [-0.15, -0.1) is 0 Å². The number of fused-ring (bicyclic) bond motifs is 1. The van der Waals surface area contributed by atoms with E-state index in [0.717, 1.165) is 6.42 Å². The molecule has 1 aliphatic heterocycles. The fourth-order valence-electron chi connectivity index (χ4n) is 3.36. The minimum absolute atomic E-state index is 0.0746. The molecule has 0 radical (unpaired) electrons. The van der Waals surface area contributed by atoms with Gasteiger partial charge >= 0.3 is 5.97 Å². The van der Waals surface area contributed by atoms with Crippen LogP contribution in [-0.2, 0) is 9.47 Å². The third-order valence-corrected chi connectivity index (χ3v) is 4.69. The van der Waals surface area contributed by atoms with Gasteiger partial charge in [0.15, 0.2) is 5.82 Å². The van der Waals surface area contributed by atoms with Gasteiger partial charge in [0.1, 0.15) is 6.10 Å². The van der Waals surface area contributed by atoms with Gasteiger partial charge < -0.3 is 9.47 Å². The van der Waals surface area contributed by atoms with Gasteiger partial charge in [0.05, 0.1) is 16.7 Å². The second kappa shape index (κ2) is 4.71. The van der Waals surface area contributed by atoms with Gasteiger partial charge in [-0.2, -0.15) is 0 Å². The maximum atomic E-state index is 13.8. The molecule has 0 aromatic heterocycles. The van der Waals surface area contributed by atoms with Crippen molar-refractivity contribution in [2.45, 2.75) is 32.5 Å². The minimum atomic E-state index is -0.726. The van der Waals surface area contributed by atoms with Crippen molar-refractivity contribution in [3.8, 4) is 0 Å². The first-order chi connectivity index (χ1) is 9.43.